The smallest absolute Gasteiger partial charge is 0.228 e. The first kappa shape index (κ1) is 20.1. The van der Waals surface area contributed by atoms with Gasteiger partial charge in [0.1, 0.15) is 10.8 Å². The lowest BCUT2D eigenvalue weighted by molar-refractivity contribution is -0.130. The molecular formula is C22H25N3O2S2. The van der Waals surface area contributed by atoms with E-state index in [1.54, 1.807) is 29.8 Å². The molecule has 0 saturated carbocycles. The topological polar surface area (TPSA) is 45.7 Å². The van der Waals surface area contributed by atoms with Gasteiger partial charge in [-0.15, -0.1) is 22.7 Å². The Morgan fingerprint density at radius 1 is 1.10 bits per heavy atom. The van der Waals surface area contributed by atoms with Crippen LogP contribution >= 0.6 is 22.7 Å². The number of hydrogen-bond acceptors (Lipinski definition) is 6. The molecule has 0 unspecified atom stereocenters. The maximum Gasteiger partial charge on any atom is 0.228 e. The number of amides is 1. The number of methoxy groups -OCH3 is 1. The zero-order chi connectivity index (χ0) is 20.1. The van der Waals surface area contributed by atoms with Crippen molar-refractivity contribution in [2.24, 2.45) is 0 Å². The average molecular weight is 428 g/mol. The summed E-state index contributed by atoms with van der Waals surface area (Å²) in [4.78, 5) is 23.1. The second-order valence-corrected chi connectivity index (χ2v) is 8.96. The number of thiazole rings is 1. The van der Waals surface area contributed by atoms with Gasteiger partial charge in [-0.3, -0.25) is 9.69 Å². The summed E-state index contributed by atoms with van der Waals surface area (Å²) in [5.41, 5.74) is 2.15. The number of nitrogens with zero attached hydrogens (tertiary/aromatic N) is 3. The maximum atomic E-state index is 12.8. The Bertz CT molecular complexity index is 922. The summed E-state index contributed by atoms with van der Waals surface area (Å²) in [5, 5.41) is 5.07. The summed E-state index contributed by atoms with van der Waals surface area (Å²) in [6, 6.07) is 12.3. The molecule has 5 nitrogen and oxygen atoms in total. The Labute approximate surface area is 179 Å². The molecule has 0 N–H and O–H groups in total. The lowest BCUT2D eigenvalue weighted by Gasteiger charge is -2.22. The van der Waals surface area contributed by atoms with Gasteiger partial charge in [-0.1, -0.05) is 18.2 Å². The first-order valence-electron chi connectivity index (χ1n) is 9.82. The van der Waals surface area contributed by atoms with Crippen LogP contribution in [0.4, 0.5) is 0 Å². The van der Waals surface area contributed by atoms with Crippen LogP contribution in [0.15, 0.2) is 47.2 Å². The predicted molar refractivity (Wildman–Crippen MR) is 119 cm³/mol. The van der Waals surface area contributed by atoms with Crippen LogP contribution in [0.2, 0.25) is 0 Å². The van der Waals surface area contributed by atoms with Crippen LogP contribution in [0.3, 0.4) is 0 Å². The van der Waals surface area contributed by atoms with Crippen molar-refractivity contribution in [3.63, 3.8) is 0 Å². The number of aromatic nitrogens is 1. The molecule has 152 valence electrons. The van der Waals surface area contributed by atoms with E-state index in [-0.39, 0.29) is 5.91 Å². The van der Waals surface area contributed by atoms with Gasteiger partial charge >= 0.3 is 0 Å². The monoisotopic (exact) mass is 427 g/mol. The van der Waals surface area contributed by atoms with Crippen molar-refractivity contribution in [3.8, 4) is 15.6 Å². The lowest BCUT2D eigenvalue weighted by Crippen LogP contribution is -2.36. The molecule has 29 heavy (non-hydrogen) atoms. The van der Waals surface area contributed by atoms with Gasteiger partial charge in [0.15, 0.2) is 0 Å². The summed E-state index contributed by atoms with van der Waals surface area (Å²) in [7, 11) is 1.68. The highest BCUT2D eigenvalue weighted by Crippen LogP contribution is 2.28. The number of rotatable bonds is 6. The summed E-state index contributed by atoms with van der Waals surface area (Å²) in [5.74, 6) is 1.06. The Balaban J connectivity index is 1.30. The highest BCUT2D eigenvalue weighted by atomic mass is 32.1. The van der Waals surface area contributed by atoms with Crippen LogP contribution in [-0.4, -0.2) is 54.0 Å². The summed E-state index contributed by atoms with van der Waals surface area (Å²) in [6.07, 6.45) is 1.39. The minimum absolute atomic E-state index is 0.180. The molecule has 0 radical (unpaired) electrons. The lowest BCUT2D eigenvalue weighted by atomic mass is 10.2. The molecule has 0 aliphatic carbocycles. The van der Waals surface area contributed by atoms with Gasteiger partial charge in [0, 0.05) is 38.1 Å². The van der Waals surface area contributed by atoms with Crippen LogP contribution in [-0.2, 0) is 17.8 Å². The zero-order valence-corrected chi connectivity index (χ0v) is 18.2. The molecule has 0 atom stereocenters. The predicted octanol–water partition coefficient (Wildman–Crippen LogP) is 4.16. The van der Waals surface area contributed by atoms with E-state index >= 15 is 0 Å². The van der Waals surface area contributed by atoms with E-state index in [2.05, 4.69) is 33.5 Å². The van der Waals surface area contributed by atoms with Gasteiger partial charge in [0.25, 0.3) is 0 Å². The summed E-state index contributed by atoms with van der Waals surface area (Å²) < 4.78 is 5.23. The quantitative estimate of drug-likeness (QED) is 0.593. The highest BCUT2D eigenvalue weighted by Gasteiger charge is 2.20. The average Bonchev–Trinajstić information content (AvgIpc) is 3.37. The second-order valence-electron chi connectivity index (χ2n) is 7.16. The number of carbonyl (C=O) groups is 1. The first-order valence-corrected chi connectivity index (χ1v) is 11.6. The van der Waals surface area contributed by atoms with Gasteiger partial charge in [-0.05, 0) is 35.6 Å². The van der Waals surface area contributed by atoms with Crippen molar-refractivity contribution in [2.75, 3.05) is 33.3 Å². The van der Waals surface area contributed by atoms with E-state index < -0.39 is 0 Å². The van der Waals surface area contributed by atoms with Crippen molar-refractivity contribution in [3.05, 3.63) is 58.4 Å². The van der Waals surface area contributed by atoms with E-state index in [4.69, 9.17) is 4.74 Å². The molecular weight excluding hydrogens is 402 g/mol. The summed E-state index contributed by atoms with van der Waals surface area (Å²) >= 11 is 3.30. The van der Waals surface area contributed by atoms with Crippen molar-refractivity contribution < 1.29 is 9.53 Å². The Morgan fingerprint density at radius 3 is 2.72 bits per heavy atom. The van der Waals surface area contributed by atoms with Crippen LogP contribution in [0.5, 0.6) is 5.75 Å². The third-order valence-corrected chi connectivity index (χ3v) is 7.05. The summed E-state index contributed by atoms with van der Waals surface area (Å²) in [6.45, 7) is 4.41. The molecule has 7 heteroatoms. The molecule has 1 fully saturated rings. The van der Waals surface area contributed by atoms with Gasteiger partial charge < -0.3 is 9.64 Å². The second kappa shape index (κ2) is 9.52. The van der Waals surface area contributed by atoms with E-state index in [0.717, 1.165) is 60.5 Å². The molecule has 1 saturated heterocycles. The van der Waals surface area contributed by atoms with Gasteiger partial charge in [0.05, 0.1) is 24.1 Å². The van der Waals surface area contributed by atoms with Crippen LogP contribution in [0.25, 0.3) is 9.88 Å². The fourth-order valence-electron chi connectivity index (χ4n) is 3.54. The molecule has 1 aliphatic heterocycles. The van der Waals surface area contributed by atoms with Gasteiger partial charge in [-0.2, -0.15) is 0 Å². The molecule has 1 aliphatic rings. The minimum Gasteiger partial charge on any atom is -0.497 e. The Kier molecular flexibility index (Phi) is 6.59. The molecule has 2 aromatic heterocycles. The van der Waals surface area contributed by atoms with Gasteiger partial charge in [-0.25, -0.2) is 4.98 Å². The van der Waals surface area contributed by atoms with Crippen molar-refractivity contribution in [1.29, 1.82) is 0 Å². The van der Waals surface area contributed by atoms with Crippen LogP contribution in [0, 0.1) is 0 Å². The fourth-order valence-corrected chi connectivity index (χ4v) is 5.17. The Hall–Kier alpha value is -2.22. The minimum atomic E-state index is 0.180. The Morgan fingerprint density at radius 2 is 1.97 bits per heavy atom. The van der Waals surface area contributed by atoms with Crippen molar-refractivity contribution in [1.82, 2.24) is 14.8 Å². The maximum absolute atomic E-state index is 12.8. The number of benzene rings is 1. The van der Waals surface area contributed by atoms with Crippen molar-refractivity contribution in [2.45, 2.75) is 19.4 Å². The largest absolute Gasteiger partial charge is 0.497 e. The third-order valence-electron chi connectivity index (χ3n) is 5.12. The van der Waals surface area contributed by atoms with E-state index in [1.807, 2.05) is 28.5 Å². The van der Waals surface area contributed by atoms with Crippen LogP contribution in [0.1, 0.15) is 17.7 Å². The molecule has 4 rings (SSSR count). The number of carbonyl (C=O) groups excluding carboxylic acids is 1. The zero-order valence-electron chi connectivity index (χ0n) is 16.5. The van der Waals surface area contributed by atoms with Gasteiger partial charge in [0.2, 0.25) is 5.91 Å². The first-order chi connectivity index (χ1) is 14.2. The number of ether oxygens (including phenoxy) is 1. The van der Waals surface area contributed by atoms with E-state index in [0.29, 0.717) is 6.42 Å². The molecule has 0 spiro atoms. The van der Waals surface area contributed by atoms with Crippen molar-refractivity contribution >= 4 is 28.6 Å². The SMILES string of the molecule is COc1ccc(CN2CCCN(C(=O)Cc3csc(-c4cccs4)n3)CC2)cc1. The van der Waals surface area contributed by atoms with E-state index in [1.165, 1.54) is 5.56 Å². The standard InChI is InChI=1S/C22H25N3O2S2/c1-27-19-7-5-17(6-8-19)15-24-9-3-10-25(12-11-24)21(26)14-18-16-29-22(23-18)20-4-2-13-28-20/h2,4-8,13,16H,3,9-12,14-15H2,1H3. The molecule has 1 amide bonds. The number of hydrogen-bond donors (Lipinski definition) is 0. The number of thiophene rings is 1. The normalized spacial score (nSPS) is 15.3. The molecule has 3 heterocycles. The molecule has 1 aromatic carbocycles. The fraction of sp³-hybridized carbons (Fsp3) is 0.364. The molecule has 0 bridgehead atoms. The molecule has 3 aromatic rings. The van der Waals surface area contributed by atoms with E-state index in [9.17, 15) is 4.79 Å². The third kappa shape index (κ3) is 5.23. The van der Waals surface area contributed by atoms with Crippen LogP contribution < -0.4 is 4.74 Å². The highest BCUT2D eigenvalue weighted by molar-refractivity contribution is 7.20.